The minimum Gasteiger partial charge on any atom is -0.369 e. The minimum atomic E-state index is -0.292. The molecular weight excluding hydrogens is 318 g/mol. The first kappa shape index (κ1) is 17.9. The molecular formula is C18H29N5O2. The number of carbonyl (C=O) groups is 2. The van der Waals surface area contributed by atoms with E-state index in [2.05, 4.69) is 14.9 Å². The van der Waals surface area contributed by atoms with Crippen LogP contribution in [0, 0.1) is 5.92 Å². The summed E-state index contributed by atoms with van der Waals surface area (Å²) in [6.07, 6.45) is 9.78. The quantitative estimate of drug-likeness (QED) is 0.827. The van der Waals surface area contributed by atoms with Crippen LogP contribution in [0.3, 0.4) is 0 Å². The Balaban J connectivity index is 1.53. The first-order valence-corrected chi connectivity index (χ1v) is 9.42. The number of piperidine rings is 2. The van der Waals surface area contributed by atoms with Crippen LogP contribution in [-0.2, 0) is 16.1 Å². The molecule has 2 amide bonds. The van der Waals surface area contributed by atoms with Crippen LogP contribution in [0.1, 0.15) is 38.5 Å². The Kier molecular flexibility index (Phi) is 6.07. The van der Waals surface area contributed by atoms with Crippen molar-refractivity contribution in [3.63, 3.8) is 0 Å². The summed E-state index contributed by atoms with van der Waals surface area (Å²) in [6.45, 7) is 3.61. The monoisotopic (exact) mass is 347 g/mol. The fourth-order valence-electron chi connectivity index (χ4n) is 4.10. The predicted octanol–water partition coefficient (Wildman–Crippen LogP) is 0.852. The Morgan fingerprint density at radius 3 is 2.60 bits per heavy atom. The van der Waals surface area contributed by atoms with Crippen LogP contribution in [0.4, 0.5) is 0 Å². The van der Waals surface area contributed by atoms with Gasteiger partial charge >= 0.3 is 0 Å². The van der Waals surface area contributed by atoms with Crippen LogP contribution in [0.2, 0.25) is 0 Å². The number of hydrogen-bond acceptors (Lipinski definition) is 4. The molecule has 0 spiro atoms. The van der Waals surface area contributed by atoms with E-state index in [9.17, 15) is 9.59 Å². The van der Waals surface area contributed by atoms with E-state index in [1.54, 1.807) is 6.20 Å². The highest BCUT2D eigenvalue weighted by Gasteiger charge is 2.33. The zero-order valence-electron chi connectivity index (χ0n) is 14.8. The number of carbonyl (C=O) groups excluding carboxylic acids is 2. The molecule has 0 unspecified atom stereocenters. The lowest BCUT2D eigenvalue weighted by molar-refractivity contribution is -0.141. The van der Waals surface area contributed by atoms with Gasteiger partial charge in [0.15, 0.2) is 0 Å². The molecule has 0 aliphatic carbocycles. The van der Waals surface area contributed by atoms with Gasteiger partial charge in [-0.1, -0.05) is 0 Å². The SMILES string of the molecule is NC(=O)CN1CCC(C(=O)N2CCCC[C@@H]2CCn2cccn2)CC1. The van der Waals surface area contributed by atoms with Crippen molar-refractivity contribution in [1.29, 1.82) is 0 Å². The van der Waals surface area contributed by atoms with Gasteiger partial charge in [-0.3, -0.25) is 19.2 Å². The number of primary amides is 1. The summed E-state index contributed by atoms with van der Waals surface area (Å²) in [4.78, 5) is 28.3. The van der Waals surface area contributed by atoms with Crippen molar-refractivity contribution in [2.75, 3.05) is 26.2 Å². The highest BCUT2D eigenvalue weighted by atomic mass is 16.2. The van der Waals surface area contributed by atoms with Crippen LogP contribution in [0.5, 0.6) is 0 Å². The number of aryl methyl sites for hydroxylation is 1. The molecule has 0 saturated carbocycles. The van der Waals surface area contributed by atoms with Gasteiger partial charge in [0.05, 0.1) is 6.54 Å². The molecule has 1 atom stereocenters. The molecule has 7 nitrogen and oxygen atoms in total. The molecule has 0 aromatic carbocycles. The molecule has 2 aliphatic heterocycles. The average molecular weight is 347 g/mol. The highest BCUT2D eigenvalue weighted by molar-refractivity contribution is 5.79. The van der Waals surface area contributed by atoms with Crippen molar-refractivity contribution in [2.24, 2.45) is 11.7 Å². The van der Waals surface area contributed by atoms with Crippen molar-refractivity contribution in [3.05, 3.63) is 18.5 Å². The molecule has 138 valence electrons. The molecule has 1 aromatic rings. The van der Waals surface area contributed by atoms with Gasteiger partial charge in [0.25, 0.3) is 0 Å². The number of nitrogens with zero attached hydrogens (tertiary/aromatic N) is 4. The molecule has 2 saturated heterocycles. The summed E-state index contributed by atoms with van der Waals surface area (Å²) >= 11 is 0. The van der Waals surface area contributed by atoms with Gasteiger partial charge < -0.3 is 10.6 Å². The fraction of sp³-hybridized carbons (Fsp3) is 0.722. The van der Waals surface area contributed by atoms with Crippen LogP contribution in [-0.4, -0.2) is 63.6 Å². The lowest BCUT2D eigenvalue weighted by atomic mass is 9.91. The van der Waals surface area contributed by atoms with Crippen molar-refractivity contribution in [1.82, 2.24) is 19.6 Å². The Hall–Kier alpha value is -1.89. The molecule has 25 heavy (non-hydrogen) atoms. The zero-order chi connectivity index (χ0) is 17.6. The zero-order valence-corrected chi connectivity index (χ0v) is 14.8. The third-order valence-electron chi connectivity index (χ3n) is 5.48. The summed E-state index contributed by atoms with van der Waals surface area (Å²) in [6, 6.07) is 2.26. The van der Waals surface area contributed by atoms with Crippen LogP contribution in [0.25, 0.3) is 0 Å². The summed E-state index contributed by atoms with van der Waals surface area (Å²) in [5.74, 6) is 0.109. The number of aromatic nitrogens is 2. The van der Waals surface area contributed by atoms with Gasteiger partial charge in [-0.2, -0.15) is 5.10 Å². The molecule has 0 radical (unpaired) electrons. The largest absolute Gasteiger partial charge is 0.369 e. The number of nitrogens with two attached hydrogens (primary N) is 1. The maximum Gasteiger partial charge on any atom is 0.231 e. The lowest BCUT2D eigenvalue weighted by Gasteiger charge is -2.40. The second-order valence-corrected chi connectivity index (χ2v) is 7.26. The Morgan fingerprint density at radius 2 is 1.92 bits per heavy atom. The summed E-state index contributed by atoms with van der Waals surface area (Å²) in [7, 11) is 0. The summed E-state index contributed by atoms with van der Waals surface area (Å²) in [5, 5.41) is 4.26. The Morgan fingerprint density at radius 1 is 1.12 bits per heavy atom. The smallest absolute Gasteiger partial charge is 0.231 e. The van der Waals surface area contributed by atoms with E-state index in [1.807, 2.05) is 16.9 Å². The van der Waals surface area contributed by atoms with Crippen LogP contribution < -0.4 is 5.73 Å². The van der Waals surface area contributed by atoms with E-state index >= 15 is 0 Å². The maximum absolute atomic E-state index is 13.0. The second kappa shape index (κ2) is 8.47. The number of likely N-dealkylation sites (tertiary alicyclic amines) is 2. The van der Waals surface area contributed by atoms with Crippen LogP contribution in [0.15, 0.2) is 18.5 Å². The van der Waals surface area contributed by atoms with E-state index in [-0.39, 0.29) is 11.8 Å². The normalized spacial score (nSPS) is 22.9. The van der Waals surface area contributed by atoms with Gasteiger partial charge in [-0.25, -0.2) is 0 Å². The van der Waals surface area contributed by atoms with Gasteiger partial charge in [-0.05, 0) is 57.7 Å². The molecule has 7 heteroatoms. The number of amides is 2. The molecule has 3 rings (SSSR count). The summed E-state index contributed by atoms with van der Waals surface area (Å²) in [5.41, 5.74) is 5.26. The van der Waals surface area contributed by atoms with Crippen molar-refractivity contribution in [3.8, 4) is 0 Å². The van der Waals surface area contributed by atoms with Crippen molar-refractivity contribution in [2.45, 2.75) is 51.1 Å². The van der Waals surface area contributed by atoms with E-state index in [0.29, 0.717) is 18.5 Å². The lowest BCUT2D eigenvalue weighted by Crippen LogP contribution is -2.49. The molecule has 1 aromatic heterocycles. The number of hydrogen-bond donors (Lipinski definition) is 1. The minimum absolute atomic E-state index is 0.0921. The van der Waals surface area contributed by atoms with Crippen molar-refractivity contribution < 1.29 is 9.59 Å². The van der Waals surface area contributed by atoms with Gasteiger partial charge in [-0.15, -0.1) is 0 Å². The maximum atomic E-state index is 13.0. The number of rotatable bonds is 6. The standard InChI is InChI=1S/C18H29N5O2/c19-17(24)14-21-11-5-15(6-12-21)18(25)23-10-2-1-4-16(23)7-13-22-9-3-8-20-22/h3,8-9,15-16H,1-2,4-7,10-14H2,(H2,19,24)/t16-/m1/s1. The molecule has 2 N–H and O–H groups in total. The van der Waals surface area contributed by atoms with Gasteiger partial charge in [0, 0.05) is 37.4 Å². The first-order valence-electron chi connectivity index (χ1n) is 9.42. The van der Waals surface area contributed by atoms with Gasteiger partial charge in [0.1, 0.15) is 0 Å². The average Bonchev–Trinajstić information content (AvgIpc) is 3.13. The molecule has 0 bridgehead atoms. The molecule has 3 heterocycles. The Bertz CT molecular complexity index is 566. The van der Waals surface area contributed by atoms with E-state index in [0.717, 1.165) is 58.3 Å². The van der Waals surface area contributed by atoms with E-state index in [4.69, 9.17) is 5.73 Å². The van der Waals surface area contributed by atoms with Crippen molar-refractivity contribution >= 4 is 11.8 Å². The summed E-state index contributed by atoms with van der Waals surface area (Å²) < 4.78 is 1.94. The third-order valence-corrected chi connectivity index (χ3v) is 5.48. The third kappa shape index (κ3) is 4.81. The second-order valence-electron chi connectivity index (χ2n) is 7.26. The fourth-order valence-corrected chi connectivity index (χ4v) is 4.10. The molecule has 2 aliphatic rings. The predicted molar refractivity (Wildman–Crippen MR) is 94.6 cm³/mol. The van der Waals surface area contributed by atoms with Crippen LogP contribution >= 0.6 is 0 Å². The topological polar surface area (TPSA) is 84.5 Å². The highest BCUT2D eigenvalue weighted by Crippen LogP contribution is 2.26. The Labute approximate surface area is 149 Å². The van der Waals surface area contributed by atoms with E-state index < -0.39 is 0 Å². The van der Waals surface area contributed by atoms with Gasteiger partial charge in [0.2, 0.25) is 11.8 Å². The first-order chi connectivity index (χ1) is 12.1. The molecule has 2 fully saturated rings. The van der Waals surface area contributed by atoms with E-state index in [1.165, 1.54) is 6.42 Å².